The third-order valence-corrected chi connectivity index (χ3v) is 2.92. The van der Waals surface area contributed by atoms with Crippen molar-refractivity contribution in [2.45, 2.75) is 33.8 Å². The Kier molecular flexibility index (Phi) is 7.29. The Morgan fingerprint density at radius 1 is 1.29 bits per heavy atom. The largest absolute Gasteiger partial charge is 0.490 e. The number of oxime groups is 1. The van der Waals surface area contributed by atoms with E-state index in [0.29, 0.717) is 18.9 Å². The molecule has 21 heavy (non-hydrogen) atoms. The molecule has 0 spiro atoms. The molecule has 2 unspecified atom stereocenters. The Labute approximate surface area is 125 Å². The number of benzene rings is 1. The summed E-state index contributed by atoms with van der Waals surface area (Å²) in [7, 11) is 0. The molecule has 0 fully saturated rings. The van der Waals surface area contributed by atoms with Gasteiger partial charge in [-0.3, -0.25) is 0 Å². The summed E-state index contributed by atoms with van der Waals surface area (Å²) in [6, 6.07) is 9.45. The predicted octanol–water partition coefficient (Wildman–Crippen LogP) is 3.05. The van der Waals surface area contributed by atoms with Gasteiger partial charge in [-0.1, -0.05) is 44.1 Å². The van der Waals surface area contributed by atoms with E-state index in [1.807, 2.05) is 51.1 Å². The lowest BCUT2D eigenvalue weighted by atomic mass is 10.0. The van der Waals surface area contributed by atoms with Gasteiger partial charge in [-0.05, 0) is 19.1 Å². The number of hydrogen-bond acceptors (Lipinski definition) is 5. The van der Waals surface area contributed by atoms with Gasteiger partial charge in [-0.15, -0.1) is 0 Å². The summed E-state index contributed by atoms with van der Waals surface area (Å²) in [6.45, 7) is 8.31. The second-order valence-electron chi connectivity index (χ2n) is 4.25. The fraction of sp³-hybridized carbons (Fsp3) is 0.500. The van der Waals surface area contributed by atoms with Crippen LogP contribution in [0.4, 0.5) is 0 Å². The van der Waals surface area contributed by atoms with Gasteiger partial charge in [0.15, 0.2) is 11.8 Å². The molecule has 0 aliphatic carbocycles. The molecule has 1 aliphatic rings. The molecule has 0 N–H and O–H groups in total. The standard InChI is InChI=1S/C14H17NO4.C2H6/c1-3-17-14(16)13-10(2)12(19-15-13)9-18-11-7-5-4-6-8-11;1-2/h4-8,10,12H,3,9H2,1-2H3;1-2H3. The normalized spacial score (nSPS) is 19.7. The van der Waals surface area contributed by atoms with Crippen LogP contribution in [-0.2, 0) is 14.4 Å². The smallest absolute Gasteiger partial charge is 0.356 e. The van der Waals surface area contributed by atoms with Gasteiger partial charge >= 0.3 is 5.97 Å². The van der Waals surface area contributed by atoms with Crippen LogP contribution in [0.5, 0.6) is 5.75 Å². The molecule has 0 radical (unpaired) electrons. The van der Waals surface area contributed by atoms with Crippen LogP contribution in [0.2, 0.25) is 0 Å². The molecule has 1 aromatic carbocycles. The Balaban J connectivity index is 0.00000106. The van der Waals surface area contributed by atoms with Crippen molar-refractivity contribution in [3.63, 3.8) is 0 Å². The summed E-state index contributed by atoms with van der Waals surface area (Å²) >= 11 is 0. The van der Waals surface area contributed by atoms with Gasteiger partial charge in [0.1, 0.15) is 12.4 Å². The first-order valence-electron chi connectivity index (χ1n) is 7.31. The van der Waals surface area contributed by atoms with E-state index in [1.54, 1.807) is 6.92 Å². The van der Waals surface area contributed by atoms with Crippen LogP contribution in [0.25, 0.3) is 0 Å². The van der Waals surface area contributed by atoms with Gasteiger partial charge in [0, 0.05) is 0 Å². The van der Waals surface area contributed by atoms with Crippen molar-refractivity contribution < 1.29 is 19.1 Å². The van der Waals surface area contributed by atoms with Crippen molar-refractivity contribution in [1.29, 1.82) is 0 Å². The van der Waals surface area contributed by atoms with Crippen LogP contribution in [0, 0.1) is 5.92 Å². The van der Waals surface area contributed by atoms with E-state index in [0.717, 1.165) is 5.75 Å². The monoisotopic (exact) mass is 293 g/mol. The van der Waals surface area contributed by atoms with Gasteiger partial charge in [0.2, 0.25) is 0 Å². The summed E-state index contributed by atoms with van der Waals surface area (Å²) < 4.78 is 10.5. The summed E-state index contributed by atoms with van der Waals surface area (Å²) in [5.74, 6) is 0.211. The third kappa shape index (κ3) is 4.77. The Morgan fingerprint density at radius 3 is 2.57 bits per heavy atom. The van der Waals surface area contributed by atoms with Crippen LogP contribution >= 0.6 is 0 Å². The van der Waals surface area contributed by atoms with Crippen LogP contribution in [0.15, 0.2) is 35.5 Å². The van der Waals surface area contributed by atoms with E-state index < -0.39 is 5.97 Å². The zero-order valence-electron chi connectivity index (χ0n) is 13.0. The number of para-hydroxylation sites is 1. The molecule has 5 heteroatoms. The van der Waals surface area contributed by atoms with E-state index in [2.05, 4.69) is 5.16 Å². The average molecular weight is 293 g/mol. The van der Waals surface area contributed by atoms with Gasteiger partial charge in [0.25, 0.3) is 0 Å². The zero-order chi connectivity index (χ0) is 15.7. The number of nitrogens with zero attached hydrogens (tertiary/aromatic N) is 1. The molecule has 1 heterocycles. The van der Waals surface area contributed by atoms with Gasteiger partial charge < -0.3 is 14.3 Å². The number of rotatable bonds is 5. The Hall–Kier alpha value is -2.04. The average Bonchev–Trinajstić information content (AvgIpc) is 2.89. The maximum Gasteiger partial charge on any atom is 0.356 e. The van der Waals surface area contributed by atoms with Crippen molar-refractivity contribution in [2.75, 3.05) is 13.2 Å². The minimum absolute atomic E-state index is 0.136. The fourth-order valence-corrected chi connectivity index (χ4v) is 1.77. The van der Waals surface area contributed by atoms with Crippen molar-refractivity contribution in [1.82, 2.24) is 0 Å². The zero-order valence-corrected chi connectivity index (χ0v) is 13.0. The van der Waals surface area contributed by atoms with E-state index in [4.69, 9.17) is 14.3 Å². The van der Waals surface area contributed by atoms with E-state index in [-0.39, 0.29) is 12.0 Å². The second kappa shape index (κ2) is 9.00. The van der Waals surface area contributed by atoms with E-state index >= 15 is 0 Å². The lowest BCUT2D eigenvalue weighted by molar-refractivity contribution is -0.135. The molecule has 2 rings (SSSR count). The molecule has 0 bridgehead atoms. The van der Waals surface area contributed by atoms with Crippen LogP contribution < -0.4 is 4.74 Å². The quantitative estimate of drug-likeness (QED) is 0.783. The minimum atomic E-state index is -0.419. The summed E-state index contributed by atoms with van der Waals surface area (Å²) in [6.07, 6.45) is -0.264. The molecule has 1 aliphatic heterocycles. The number of hydrogen-bond donors (Lipinski definition) is 0. The molecule has 2 atom stereocenters. The van der Waals surface area contributed by atoms with Crippen molar-refractivity contribution in [2.24, 2.45) is 11.1 Å². The molecular weight excluding hydrogens is 270 g/mol. The molecule has 0 amide bonds. The molecule has 116 valence electrons. The highest BCUT2D eigenvalue weighted by Crippen LogP contribution is 2.20. The number of ether oxygens (including phenoxy) is 2. The third-order valence-electron chi connectivity index (χ3n) is 2.92. The molecule has 0 saturated heterocycles. The maximum absolute atomic E-state index is 11.6. The SMILES string of the molecule is CC.CCOC(=O)C1=NOC(COc2ccccc2)C1C. The predicted molar refractivity (Wildman–Crippen MR) is 81.4 cm³/mol. The Bertz CT molecular complexity index is 459. The van der Waals surface area contributed by atoms with Crippen LogP contribution in [0.1, 0.15) is 27.7 Å². The number of esters is 1. The van der Waals surface area contributed by atoms with Crippen molar-refractivity contribution in [3.8, 4) is 5.75 Å². The lowest BCUT2D eigenvalue weighted by Gasteiger charge is -2.15. The topological polar surface area (TPSA) is 57.1 Å². The number of carbonyl (C=O) groups is 1. The number of carbonyl (C=O) groups excluding carboxylic acids is 1. The maximum atomic E-state index is 11.6. The van der Waals surface area contributed by atoms with Crippen LogP contribution in [-0.4, -0.2) is 31.0 Å². The van der Waals surface area contributed by atoms with Crippen molar-refractivity contribution >= 4 is 11.7 Å². The highest BCUT2D eigenvalue weighted by atomic mass is 16.7. The second-order valence-corrected chi connectivity index (χ2v) is 4.25. The van der Waals surface area contributed by atoms with Crippen LogP contribution in [0.3, 0.4) is 0 Å². The first kappa shape index (κ1) is 17.0. The summed E-state index contributed by atoms with van der Waals surface area (Å²) in [4.78, 5) is 16.8. The van der Waals surface area contributed by atoms with Gasteiger partial charge in [-0.25, -0.2) is 4.79 Å². The molecule has 0 saturated carbocycles. The van der Waals surface area contributed by atoms with Gasteiger partial charge in [-0.2, -0.15) is 0 Å². The lowest BCUT2D eigenvalue weighted by Crippen LogP contribution is -2.31. The first-order chi connectivity index (χ1) is 10.2. The molecule has 1 aromatic rings. The van der Waals surface area contributed by atoms with E-state index in [9.17, 15) is 4.79 Å². The van der Waals surface area contributed by atoms with Crippen molar-refractivity contribution in [3.05, 3.63) is 30.3 Å². The van der Waals surface area contributed by atoms with E-state index in [1.165, 1.54) is 0 Å². The van der Waals surface area contributed by atoms with Gasteiger partial charge in [0.05, 0.1) is 12.5 Å². The fourth-order valence-electron chi connectivity index (χ4n) is 1.77. The first-order valence-corrected chi connectivity index (χ1v) is 7.31. The highest BCUT2D eigenvalue weighted by Gasteiger charge is 2.36. The molecular formula is C16H23NO4. The summed E-state index contributed by atoms with van der Waals surface area (Å²) in [5, 5.41) is 3.79. The Morgan fingerprint density at radius 2 is 1.95 bits per heavy atom. The summed E-state index contributed by atoms with van der Waals surface area (Å²) in [5.41, 5.74) is 0.323. The minimum Gasteiger partial charge on any atom is -0.490 e. The highest BCUT2D eigenvalue weighted by molar-refractivity contribution is 6.37. The molecule has 5 nitrogen and oxygen atoms in total. The molecule has 0 aromatic heterocycles.